The number of fused-ring (bicyclic) bond motifs is 1. The van der Waals surface area contributed by atoms with E-state index in [1.807, 2.05) is 0 Å². The lowest BCUT2D eigenvalue weighted by molar-refractivity contribution is -0.157. The third-order valence-corrected chi connectivity index (χ3v) is 10.7. The second-order valence-electron chi connectivity index (χ2n) is 13.3. The summed E-state index contributed by atoms with van der Waals surface area (Å²) >= 11 is 0. The highest BCUT2D eigenvalue weighted by Gasteiger charge is 2.50. The number of aromatic nitrogens is 6. The topological polar surface area (TPSA) is 350 Å². The number of nitrogens with two attached hydrogens (primary N) is 2. The van der Waals surface area contributed by atoms with E-state index in [1.54, 1.807) is 11.0 Å². The number of rotatable bonds is 17. The molecule has 6 rings (SSSR count). The molecule has 57 heavy (non-hydrogen) atoms. The summed E-state index contributed by atoms with van der Waals surface area (Å²) in [4.78, 5) is 84.9. The van der Waals surface area contributed by atoms with Crippen LogP contribution >= 0.6 is 15.6 Å². The van der Waals surface area contributed by atoms with Crippen LogP contribution in [0.2, 0.25) is 0 Å². The summed E-state index contributed by atoms with van der Waals surface area (Å²) in [6, 6.07) is 1.09. The minimum atomic E-state index is -5.15. The number of phosphoric ester groups is 2. The van der Waals surface area contributed by atoms with E-state index in [0.29, 0.717) is 25.9 Å². The highest BCUT2D eigenvalue weighted by molar-refractivity contribution is 7.47. The molecule has 0 radical (unpaired) electrons. The Bertz CT molecular complexity index is 2100. The van der Waals surface area contributed by atoms with E-state index < -0.39 is 83.5 Å². The first-order valence-corrected chi connectivity index (χ1v) is 20.5. The molecular formula is C30H42N10O15P2. The molecule has 3 aromatic rings. The Labute approximate surface area is 322 Å². The number of imidazole rings is 1. The number of hydrogen-bond donors (Lipinski definition) is 7. The number of carbonyl (C=O) groups is 2. The normalized spacial score (nSPS) is 27.7. The maximum atomic E-state index is 13.4. The molecule has 3 aliphatic heterocycles. The number of nitrogens with zero attached hydrogens (tertiary/aromatic N) is 7. The summed E-state index contributed by atoms with van der Waals surface area (Å²) < 4.78 is 59.8. The van der Waals surface area contributed by atoms with Crippen molar-refractivity contribution in [3.8, 4) is 0 Å². The Morgan fingerprint density at radius 1 is 1.09 bits per heavy atom. The zero-order valence-corrected chi connectivity index (χ0v) is 31.8. The molecule has 0 aliphatic carbocycles. The summed E-state index contributed by atoms with van der Waals surface area (Å²) in [6.07, 6.45) is -3.53. The van der Waals surface area contributed by atoms with Gasteiger partial charge in [0.15, 0.2) is 23.8 Å². The van der Waals surface area contributed by atoms with Crippen LogP contribution in [0.1, 0.15) is 38.1 Å². The van der Waals surface area contributed by atoms with Gasteiger partial charge in [-0.05, 0) is 18.9 Å². The molecule has 25 nitrogen and oxygen atoms in total. The smallest absolute Gasteiger partial charge is 0.456 e. The van der Waals surface area contributed by atoms with Crippen molar-refractivity contribution in [2.24, 2.45) is 0 Å². The average molecular weight is 845 g/mol. The second kappa shape index (κ2) is 17.7. The zero-order chi connectivity index (χ0) is 41.1. The molecule has 1 amide bonds. The average Bonchev–Trinajstić information content (AvgIpc) is 3.92. The number of hydrogen-bond acceptors (Lipinski definition) is 19. The number of anilines is 2. The van der Waals surface area contributed by atoms with Gasteiger partial charge in [-0.1, -0.05) is 6.08 Å². The van der Waals surface area contributed by atoms with Crippen LogP contribution < -0.4 is 22.5 Å². The van der Waals surface area contributed by atoms with E-state index >= 15 is 0 Å². The lowest BCUT2D eigenvalue weighted by Gasteiger charge is -2.24. The molecule has 3 fully saturated rings. The second-order valence-corrected chi connectivity index (χ2v) is 16.0. The highest BCUT2D eigenvalue weighted by atomic mass is 31.2. The van der Waals surface area contributed by atoms with Crippen LogP contribution in [0.25, 0.3) is 11.2 Å². The molecular weight excluding hydrogens is 802 g/mol. The van der Waals surface area contributed by atoms with Crippen LogP contribution in [0.4, 0.5) is 11.6 Å². The van der Waals surface area contributed by atoms with Crippen LogP contribution in [0, 0.1) is 0 Å². The molecule has 0 spiro atoms. The third kappa shape index (κ3) is 10.6. The Morgan fingerprint density at radius 3 is 2.60 bits per heavy atom. The van der Waals surface area contributed by atoms with Crippen molar-refractivity contribution in [1.29, 1.82) is 0 Å². The summed E-state index contributed by atoms with van der Waals surface area (Å²) in [7, 11) is -10.2. The van der Waals surface area contributed by atoms with Gasteiger partial charge in [-0.3, -0.25) is 37.2 Å². The number of nitrogens with one attached hydrogen (secondary N) is 1. The number of carbonyl (C=O) groups excluding carboxylic acids is 2. The van der Waals surface area contributed by atoms with Gasteiger partial charge in [-0.15, -0.1) is 6.58 Å². The van der Waals surface area contributed by atoms with Gasteiger partial charge in [0.25, 0.3) is 0 Å². The van der Waals surface area contributed by atoms with E-state index in [2.05, 4.69) is 36.4 Å². The highest BCUT2D eigenvalue weighted by Crippen LogP contribution is 2.50. The van der Waals surface area contributed by atoms with Crippen molar-refractivity contribution in [2.75, 3.05) is 44.3 Å². The van der Waals surface area contributed by atoms with Gasteiger partial charge >= 0.3 is 27.3 Å². The fourth-order valence-electron chi connectivity index (χ4n) is 6.60. The molecule has 3 aromatic heterocycles. The van der Waals surface area contributed by atoms with Crippen molar-refractivity contribution in [2.45, 2.75) is 74.7 Å². The van der Waals surface area contributed by atoms with Crippen molar-refractivity contribution < 1.29 is 66.3 Å². The molecule has 0 bridgehead atoms. The van der Waals surface area contributed by atoms with Crippen LogP contribution in [0.15, 0.2) is 42.4 Å². The zero-order valence-electron chi connectivity index (χ0n) is 30.0. The van der Waals surface area contributed by atoms with Crippen molar-refractivity contribution in [3.63, 3.8) is 0 Å². The van der Waals surface area contributed by atoms with Gasteiger partial charge in [-0.25, -0.2) is 28.9 Å². The van der Waals surface area contributed by atoms with E-state index in [1.165, 1.54) is 23.2 Å². The van der Waals surface area contributed by atoms with E-state index in [-0.39, 0.29) is 54.1 Å². The first kappa shape index (κ1) is 42.4. The Hall–Kier alpha value is -4.23. The van der Waals surface area contributed by atoms with Gasteiger partial charge in [0.2, 0.25) is 5.91 Å². The molecule has 0 saturated carbocycles. The van der Waals surface area contributed by atoms with Crippen LogP contribution in [0.3, 0.4) is 0 Å². The predicted molar refractivity (Wildman–Crippen MR) is 192 cm³/mol. The molecule has 3 aliphatic rings. The monoisotopic (exact) mass is 844 g/mol. The number of ether oxygens (including phenoxy) is 3. The lowest BCUT2D eigenvalue weighted by Crippen LogP contribution is -2.42. The number of likely N-dealkylation sites (tertiary alicyclic amines) is 1. The SMILES string of the molecule is C=CCCC(=O)N[C@H]1CCN(CC(=O)OC2C(COP(=O)(O)O[C@@H]3C[C@H](n4ccc(N)nc4=O)OC3COP(=O)(O)O)OC(n3cnc4c(N)ncnc43)C2O)C1. The third-order valence-electron chi connectivity index (χ3n) is 9.22. The fraction of sp³-hybridized carbons (Fsp3) is 0.567. The van der Waals surface area contributed by atoms with Crippen molar-refractivity contribution >= 4 is 50.3 Å². The number of esters is 1. The first-order valence-electron chi connectivity index (χ1n) is 17.4. The molecule has 27 heteroatoms. The van der Waals surface area contributed by atoms with Gasteiger partial charge < -0.3 is 50.8 Å². The number of allylic oxidation sites excluding steroid dienone is 1. The molecule has 3 saturated heterocycles. The lowest BCUT2D eigenvalue weighted by atomic mass is 10.1. The predicted octanol–water partition coefficient (Wildman–Crippen LogP) is -1.53. The van der Waals surface area contributed by atoms with Crippen molar-refractivity contribution in [3.05, 3.63) is 48.1 Å². The van der Waals surface area contributed by atoms with E-state index in [0.717, 1.165) is 10.9 Å². The summed E-state index contributed by atoms with van der Waals surface area (Å²) in [6.45, 7) is 2.56. The van der Waals surface area contributed by atoms with E-state index in [9.17, 15) is 43.3 Å². The summed E-state index contributed by atoms with van der Waals surface area (Å²) in [5.41, 5.74) is 11.0. The standard InChI is InChI=1S/C30H42N10O15P2/c1-2-3-4-21(41)36-16-5-7-38(10-16)11-23(42)54-26-19(53-29(25(26)43)40-15-35-24-27(32)33-14-34-28(24)40)13-51-57(48,49)55-17-9-22(39-8-6-20(31)37-30(39)44)52-18(17)12-50-56(45,46)47/h2,6,8,14-19,22,25-26,29,43H,1,3-5,7,9-13H2,(H,36,41)(H,48,49)(H2,31,37,44)(H2,32,33,34)(H2,45,46,47)/t16-,17+,18?,19?,22+,25?,26?,29?/m0/s1. The summed E-state index contributed by atoms with van der Waals surface area (Å²) in [5, 5.41) is 14.4. The Kier molecular flexibility index (Phi) is 13.2. The molecule has 312 valence electrons. The summed E-state index contributed by atoms with van der Waals surface area (Å²) in [5.74, 6) is -0.986. The molecule has 6 unspecified atom stereocenters. The molecule has 9 atom stereocenters. The Balaban J connectivity index is 1.15. The van der Waals surface area contributed by atoms with Gasteiger partial charge in [0, 0.05) is 38.2 Å². The quantitative estimate of drug-likeness (QED) is 0.0460. The first-order chi connectivity index (χ1) is 27.0. The maximum Gasteiger partial charge on any atom is 0.472 e. The number of aliphatic hydroxyl groups is 1. The van der Waals surface area contributed by atoms with Gasteiger partial charge in [-0.2, -0.15) is 4.98 Å². The number of amides is 1. The van der Waals surface area contributed by atoms with Crippen molar-refractivity contribution in [1.82, 2.24) is 39.3 Å². The fourth-order valence-corrected chi connectivity index (χ4v) is 7.90. The largest absolute Gasteiger partial charge is 0.472 e. The maximum absolute atomic E-state index is 13.4. The van der Waals surface area contributed by atoms with Gasteiger partial charge in [0.05, 0.1) is 26.1 Å². The van der Waals surface area contributed by atoms with Gasteiger partial charge in [0.1, 0.15) is 48.3 Å². The van der Waals surface area contributed by atoms with Crippen LogP contribution in [-0.4, -0.2) is 135 Å². The number of phosphoric acid groups is 2. The van der Waals surface area contributed by atoms with Crippen LogP contribution in [-0.2, 0) is 46.5 Å². The minimum absolute atomic E-state index is 0.0356. The van der Waals surface area contributed by atoms with E-state index in [4.69, 9.17) is 34.7 Å². The number of aliphatic hydroxyl groups excluding tert-OH is 1. The molecule has 0 aromatic carbocycles. The minimum Gasteiger partial charge on any atom is -0.456 e. The Morgan fingerprint density at radius 2 is 1.86 bits per heavy atom. The van der Waals surface area contributed by atoms with Crippen LogP contribution in [0.5, 0.6) is 0 Å². The number of nitrogen functional groups attached to an aromatic ring is 2. The molecule has 6 heterocycles. The molecule has 9 N–H and O–H groups in total.